The predicted octanol–water partition coefficient (Wildman–Crippen LogP) is 4.10. The smallest absolute Gasteiger partial charge is 0.263 e. The van der Waals surface area contributed by atoms with E-state index in [1.54, 1.807) is 24.3 Å². The van der Waals surface area contributed by atoms with Gasteiger partial charge in [-0.3, -0.25) is 19.3 Å². The van der Waals surface area contributed by atoms with Gasteiger partial charge in [-0.1, -0.05) is 31.5 Å². The molecular weight excluding hydrogens is 421 g/mol. The summed E-state index contributed by atoms with van der Waals surface area (Å²) in [5.41, 5.74) is 2.00. The number of benzene rings is 2. The number of nitrogens with zero attached hydrogens (tertiary/aromatic N) is 3. The van der Waals surface area contributed by atoms with Crippen molar-refractivity contribution in [2.45, 2.75) is 39.2 Å². The molecule has 2 aliphatic rings. The first-order chi connectivity index (χ1) is 15.9. The Kier molecular flexibility index (Phi) is 6.77. The Hall–Kier alpha value is -3.22. The highest BCUT2D eigenvalue weighted by Crippen LogP contribution is 2.35. The van der Waals surface area contributed by atoms with Crippen molar-refractivity contribution in [2.24, 2.45) is 5.92 Å². The highest BCUT2D eigenvalue weighted by atomic mass is 19.1. The molecule has 1 atom stereocenters. The van der Waals surface area contributed by atoms with Gasteiger partial charge in [0.1, 0.15) is 5.82 Å². The van der Waals surface area contributed by atoms with Crippen LogP contribution in [-0.4, -0.2) is 54.2 Å². The van der Waals surface area contributed by atoms with Gasteiger partial charge in [-0.15, -0.1) is 0 Å². The van der Waals surface area contributed by atoms with Crippen LogP contribution in [-0.2, 0) is 11.3 Å². The van der Waals surface area contributed by atoms with Gasteiger partial charge in [-0.05, 0) is 49.1 Å². The fourth-order valence-corrected chi connectivity index (χ4v) is 4.76. The summed E-state index contributed by atoms with van der Waals surface area (Å²) in [7, 11) is 1.85. The van der Waals surface area contributed by atoms with E-state index in [1.807, 2.05) is 18.0 Å². The maximum absolute atomic E-state index is 13.6. The number of carbonyl (C=O) groups is 3. The van der Waals surface area contributed by atoms with Crippen LogP contribution in [0.15, 0.2) is 42.5 Å². The van der Waals surface area contributed by atoms with Gasteiger partial charge in [0.05, 0.1) is 29.3 Å². The van der Waals surface area contributed by atoms with Crippen molar-refractivity contribution in [1.82, 2.24) is 9.80 Å². The van der Waals surface area contributed by atoms with Gasteiger partial charge >= 0.3 is 0 Å². The predicted molar refractivity (Wildman–Crippen MR) is 125 cm³/mol. The monoisotopic (exact) mass is 451 g/mol. The normalized spacial score (nSPS) is 18.0. The molecule has 0 N–H and O–H groups in total. The maximum atomic E-state index is 13.6. The summed E-state index contributed by atoms with van der Waals surface area (Å²) in [6, 6.07) is 11.2. The van der Waals surface area contributed by atoms with Crippen LogP contribution in [0.25, 0.3) is 0 Å². The molecule has 0 unspecified atom stereocenters. The summed E-state index contributed by atoms with van der Waals surface area (Å²) >= 11 is 0. The number of imide groups is 1. The molecule has 0 spiro atoms. The Bertz CT molecular complexity index is 1070. The molecule has 7 heteroatoms. The molecule has 2 heterocycles. The third-order valence-electron chi connectivity index (χ3n) is 6.54. The molecule has 1 fully saturated rings. The summed E-state index contributed by atoms with van der Waals surface area (Å²) in [5.74, 6) is -1.14. The zero-order valence-electron chi connectivity index (χ0n) is 19.2. The van der Waals surface area contributed by atoms with E-state index in [1.165, 1.54) is 17.0 Å². The number of halogens is 1. The van der Waals surface area contributed by atoms with Gasteiger partial charge in [-0.2, -0.15) is 0 Å². The minimum absolute atomic E-state index is 0.0207. The Labute approximate surface area is 194 Å². The number of hydrogen-bond donors (Lipinski definition) is 0. The molecule has 2 aromatic rings. The third kappa shape index (κ3) is 4.63. The Morgan fingerprint density at radius 2 is 1.94 bits per heavy atom. The first-order valence-corrected chi connectivity index (χ1v) is 11.6. The van der Waals surface area contributed by atoms with E-state index in [-0.39, 0.29) is 30.2 Å². The van der Waals surface area contributed by atoms with Gasteiger partial charge in [0.25, 0.3) is 11.8 Å². The van der Waals surface area contributed by atoms with Gasteiger partial charge in [0.15, 0.2) is 0 Å². The van der Waals surface area contributed by atoms with Crippen molar-refractivity contribution in [2.75, 3.05) is 31.6 Å². The molecule has 6 nitrogen and oxygen atoms in total. The van der Waals surface area contributed by atoms with Crippen molar-refractivity contribution in [3.8, 4) is 0 Å². The number of piperidine rings is 1. The lowest BCUT2D eigenvalue weighted by Gasteiger charge is -2.36. The molecule has 4 rings (SSSR count). The molecular formula is C26H30FN3O3. The largest absolute Gasteiger partial charge is 0.370 e. The van der Waals surface area contributed by atoms with E-state index in [9.17, 15) is 18.8 Å². The average Bonchev–Trinajstić information content (AvgIpc) is 3.07. The van der Waals surface area contributed by atoms with Crippen LogP contribution in [0.3, 0.4) is 0 Å². The van der Waals surface area contributed by atoms with Crippen LogP contribution in [0.1, 0.15) is 58.9 Å². The molecule has 33 heavy (non-hydrogen) atoms. The Morgan fingerprint density at radius 1 is 1.15 bits per heavy atom. The summed E-state index contributed by atoms with van der Waals surface area (Å²) in [4.78, 5) is 44.3. The second-order valence-electron chi connectivity index (χ2n) is 8.92. The number of unbranched alkanes of at least 4 members (excludes halogenated alkanes) is 1. The van der Waals surface area contributed by atoms with Crippen LogP contribution in [0.5, 0.6) is 0 Å². The summed E-state index contributed by atoms with van der Waals surface area (Å²) in [6.07, 6.45) is 3.67. The van der Waals surface area contributed by atoms with Crippen LogP contribution >= 0.6 is 0 Å². The zero-order valence-corrected chi connectivity index (χ0v) is 19.2. The van der Waals surface area contributed by atoms with Crippen molar-refractivity contribution in [1.29, 1.82) is 0 Å². The summed E-state index contributed by atoms with van der Waals surface area (Å²) < 4.78 is 13.6. The van der Waals surface area contributed by atoms with E-state index < -0.39 is 5.82 Å². The summed E-state index contributed by atoms with van der Waals surface area (Å²) in [5, 5.41) is 0. The van der Waals surface area contributed by atoms with Crippen LogP contribution in [0, 0.1) is 11.7 Å². The van der Waals surface area contributed by atoms with Crippen LogP contribution < -0.4 is 4.90 Å². The fourth-order valence-electron chi connectivity index (χ4n) is 4.76. The molecule has 0 aromatic heterocycles. The van der Waals surface area contributed by atoms with E-state index in [0.717, 1.165) is 38.8 Å². The second kappa shape index (κ2) is 9.73. The molecule has 2 aliphatic heterocycles. The number of fused-ring (bicyclic) bond motifs is 1. The number of amides is 3. The Balaban J connectivity index is 1.55. The second-order valence-corrected chi connectivity index (χ2v) is 8.92. The van der Waals surface area contributed by atoms with Gasteiger partial charge in [0, 0.05) is 26.7 Å². The standard InChI is InChI=1S/C26H30FN3O3/c1-3-4-13-28(2)24(31)19-9-7-14-29(17-19)22-12-6-11-21-23(22)26(33)30(25(21)32)16-18-8-5-10-20(27)15-18/h5-6,8,10-12,15,19H,3-4,7,9,13-14,16-17H2,1-2H3/t19-/m0/s1. The Morgan fingerprint density at radius 3 is 2.70 bits per heavy atom. The molecule has 0 radical (unpaired) electrons. The van der Waals surface area contributed by atoms with Crippen molar-refractivity contribution < 1.29 is 18.8 Å². The molecule has 0 bridgehead atoms. The third-order valence-corrected chi connectivity index (χ3v) is 6.54. The zero-order chi connectivity index (χ0) is 23.5. The van der Waals surface area contributed by atoms with Gasteiger partial charge in [-0.25, -0.2) is 4.39 Å². The van der Waals surface area contributed by atoms with E-state index in [2.05, 4.69) is 11.8 Å². The number of anilines is 1. The molecule has 1 saturated heterocycles. The lowest BCUT2D eigenvalue weighted by Crippen LogP contribution is -2.44. The van der Waals surface area contributed by atoms with E-state index in [0.29, 0.717) is 28.9 Å². The van der Waals surface area contributed by atoms with Crippen molar-refractivity contribution in [3.63, 3.8) is 0 Å². The van der Waals surface area contributed by atoms with Crippen molar-refractivity contribution >= 4 is 23.4 Å². The first-order valence-electron chi connectivity index (χ1n) is 11.6. The lowest BCUT2D eigenvalue weighted by molar-refractivity contribution is -0.134. The first kappa shape index (κ1) is 23.0. The van der Waals surface area contributed by atoms with Crippen LogP contribution in [0.4, 0.5) is 10.1 Å². The summed E-state index contributed by atoms with van der Waals surface area (Å²) in [6.45, 7) is 4.12. The molecule has 0 aliphatic carbocycles. The fraction of sp³-hybridized carbons (Fsp3) is 0.423. The van der Waals surface area contributed by atoms with Gasteiger partial charge < -0.3 is 9.80 Å². The molecule has 0 saturated carbocycles. The molecule has 3 amide bonds. The lowest BCUT2D eigenvalue weighted by atomic mass is 9.95. The number of rotatable bonds is 7. The molecule has 174 valence electrons. The topological polar surface area (TPSA) is 60.9 Å². The average molecular weight is 452 g/mol. The number of carbonyl (C=O) groups excluding carboxylic acids is 3. The van der Waals surface area contributed by atoms with Gasteiger partial charge in [0.2, 0.25) is 5.91 Å². The number of hydrogen-bond acceptors (Lipinski definition) is 4. The quantitative estimate of drug-likeness (QED) is 0.595. The molecule has 2 aromatic carbocycles. The van der Waals surface area contributed by atoms with Crippen molar-refractivity contribution in [3.05, 3.63) is 65.0 Å². The maximum Gasteiger partial charge on any atom is 0.263 e. The van der Waals surface area contributed by atoms with Crippen LogP contribution in [0.2, 0.25) is 0 Å². The van der Waals surface area contributed by atoms with E-state index >= 15 is 0 Å². The minimum atomic E-state index is -0.405. The minimum Gasteiger partial charge on any atom is -0.370 e. The highest BCUT2D eigenvalue weighted by molar-refractivity contribution is 6.23. The SMILES string of the molecule is CCCCN(C)C(=O)[C@H]1CCCN(c2cccc3c2C(=O)N(Cc2cccc(F)c2)C3=O)C1. The highest BCUT2D eigenvalue weighted by Gasteiger charge is 2.39. The van der Waals surface area contributed by atoms with E-state index in [4.69, 9.17) is 0 Å².